The average molecular weight is 286 g/mol. The summed E-state index contributed by atoms with van der Waals surface area (Å²) in [4.78, 5) is 11.0. The van der Waals surface area contributed by atoms with Crippen LogP contribution in [0.4, 0.5) is 0 Å². The molecule has 2 aromatic carbocycles. The van der Waals surface area contributed by atoms with Crippen LogP contribution in [-0.4, -0.2) is 27.6 Å². The van der Waals surface area contributed by atoms with Crippen LogP contribution in [-0.2, 0) is 0 Å². The van der Waals surface area contributed by atoms with Crippen molar-refractivity contribution in [3.8, 4) is 28.4 Å². The molecule has 0 aliphatic carbocycles. The normalized spacial score (nSPS) is 10.1. The number of hydrogen-bond donors (Lipinski definition) is 0. The minimum atomic E-state index is 0.536. The van der Waals surface area contributed by atoms with E-state index in [1.807, 2.05) is 31.2 Å². The van der Waals surface area contributed by atoms with Crippen LogP contribution < -0.4 is 14.2 Å². The highest BCUT2D eigenvalue weighted by Gasteiger charge is 2.18. The van der Waals surface area contributed by atoms with Crippen LogP contribution in [0.25, 0.3) is 11.1 Å². The number of benzene rings is 2. The minimum absolute atomic E-state index is 0.536. The molecule has 0 atom stereocenters. The predicted molar refractivity (Wildman–Crippen MR) is 81.7 cm³/mol. The van der Waals surface area contributed by atoms with E-state index >= 15 is 0 Å². The second kappa shape index (κ2) is 6.31. The maximum atomic E-state index is 11.0. The summed E-state index contributed by atoms with van der Waals surface area (Å²) in [7, 11) is 4.73. The summed E-state index contributed by atoms with van der Waals surface area (Å²) in [5.74, 6) is 1.72. The summed E-state index contributed by atoms with van der Waals surface area (Å²) in [5, 5.41) is 0. The number of carbonyl (C=O) groups is 1. The fourth-order valence-corrected chi connectivity index (χ4v) is 2.32. The number of aryl methyl sites for hydroxylation is 1. The largest absolute Gasteiger partial charge is 0.493 e. The zero-order valence-electron chi connectivity index (χ0n) is 12.6. The summed E-state index contributed by atoms with van der Waals surface area (Å²) in [6, 6.07) is 9.27. The highest BCUT2D eigenvalue weighted by atomic mass is 16.5. The maximum Gasteiger partial charge on any atom is 0.203 e. The Morgan fingerprint density at radius 2 is 1.57 bits per heavy atom. The molecule has 0 bridgehead atoms. The molecule has 0 unspecified atom stereocenters. The average Bonchev–Trinajstić information content (AvgIpc) is 2.53. The van der Waals surface area contributed by atoms with E-state index < -0.39 is 0 Å². The molecule has 0 radical (unpaired) electrons. The Labute approximate surface area is 124 Å². The third-order valence-corrected chi connectivity index (χ3v) is 3.39. The highest BCUT2D eigenvalue weighted by molar-refractivity contribution is 5.83. The van der Waals surface area contributed by atoms with Gasteiger partial charge < -0.3 is 14.2 Å². The van der Waals surface area contributed by atoms with Gasteiger partial charge in [0.15, 0.2) is 11.5 Å². The lowest BCUT2D eigenvalue weighted by Crippen LogP contribution is -1.98. The van der Waals surface area contributed by atoms with Gasteiger partial charge in [-0.25, -0.2) is 0 Å². The molecule has 0 saturated heterocycles. The van der Waals surface area contributed by atoms with Gasteiger partial charge in [0.05, 0.1) is 21.3 Å². The van der Waals surface area contributed by atoms with Crippen molar-refractivity contribution in [1.82, 2.24) is 0 Å². The van der Waals surface area contributed by atoms with Gasteiger partial charge in [0.25, 0.3) is 0 Å². The maximum absolute atomic E-state index is 11.0. The molecule has 110 valence electrons. The second-order valence-electron chi connectivity index (χ2n) is 4.57. The molecule has 21 heavy (non-hydrogen) atoms. The predicted octanol–water partition coefficient (Wildman–Crippen LogP) is 3.50. The number of hydrogen-bond acceptors (Lipinski definition) is 4. The van der Waals surface area contributed by atoms with Crippen molar-refractivity contribution in [3.63, 3.8) is 0 Å². The molecule has 0 amide bonds. The second-order valence-corrected chi connectivity index (χ2v) is 4.57. The molecule has 0 N–H and O–H groups in total. The molecule has 2 aromatic rings. The fourth-order valence-electron chi connectivity index (χ4n) is 2.32. The Balaban J connectivity index is 2.72. The Bertz CT molecular complexity index is 662. The van der Waals surface area contributed by atoms with E-state index in [1.54, 1.807) is 27.4 Å². The van der Waals surface area contributed by atoms with Crippen LogP contribution >= 0.6 is 0 Å². The zero-order valence-corrected chi connectivity index (χ0v) is 12.6. The van der Waals surface area contributed by atoms with Crippen molar-refractivity contribution in [2.24, 2.45) is 0 Å². The van der Waals surface area contributed by atoms with Gasteiger partial charge in [-0.3, -0.25) is 4.79 Å². The number of methoxy groups -OCH3 is 3. The number of carbonyl (C=O) groups excluding carboxylic acids is 1. The van der Waals surface area contributed by atoms with Crippen LogP contribution in [0.15, 0.2) is 30.3 Å². The molecule has 2 rings (SSSR count). The molecular weight excluding hydrogens is 268 g/mol. The topological polar surface area (TPSA) is 44.8 Å². The van der Waals surface area contributed by atoms with Crippen molar-refractivity contribution < 1.29 is 19.0 Å². The quantitative estimate of drug-likeness (QED) is 0.789. The van der Waals surface area contributed by atoms with E-state index in [2.05, 4.69) is 0 Å². The first-order valence-corrected chi connectivity index (χ1v) is 6.51. The van der Waals surface area contributed by atoms with E-state index in [0.717, 1.165) is 23.0 Å². The lowest BCUT2D eigenvalue weighted by Gasteiger charge is -2.17. The molecule has 0 aliphatic rings. The molecule has 0 heterocycles. The first kappa shape index (κ1) is 14.9. The number of rotatable bonds is 5. The van der Waals surface area contributed by atoms with E-state index in [9.17, 15) is 4.79 Å². The van der Waals surface area contributed by atoms with Gasteiger partial charge in [-0.05, 0) is 36.2 Å². The summed E-state index contributed by atoms with van der Waals surface area (Å²) < 4.78 is 16.2. The van der Waals surface area contributed by atoms with Crippen LogP contribution in [0.2, 0.25) is 0 Å². The van der Waals surface area contributed by atoms with E-state index in [1.165, 1.54) is 0 Å². The van der Waals surface area contributed by atoms with Gasteiger partial charge in [0.1, 0.15) is 6.29 Å². The first-order valence-electron chi connectivity index (χ1n) is 6.51. The minimum Gasteiger partial charge on any atom is -0.493 e. The summed E-state index contributed by atoms with van der Waals surface area (Å²) in [6.07, 6.45) is 0.830. The molecule has 4 heteroatoms. The highest BCUT2D eigenvalue weighted by Crippen LogP contribution is 2.45. The summed E-state index contributed by atoms with van der Waals surface area (Å²) in [6.45, 7) is 1.99. The van der Waals surface area contributed by atoms with Crippen molar-refractivity contribution in [3.05, 3.63) is 41.5 Å². The van der Waals surface area contributed by atoms with Crippen molar-refractivity contribution in [2.75, 3.05) is 21.3 Å². The first-order chi connectivity index (χ1) is 10.2. The lowest BCUT2D eigenvalue weighted by atomic mass is 9.97. The Kier molecular flexibility index (Phi) is 4.48. The number of ether oxygens (including phenoxy) is 3. The van der Waals surface area contributed by atoms with Gasteiger partial charge in [-0.1, -0.05) is 12.1 Å². The van der Waals surface area contributed by atoms with Crippen molar-refractivity contribution >= 4 is 6.29 Å². The molecule has 4 nitrogen and oxygen atoms in total. The van der Waals surface area contributed by atoms with Crippen LogP contribution in [0, 0.1) is 6.92 Å². The molecule has 0 spiro atoms. The third kappa shape index (κ3) is 2.70. The SMILES string of the molecule is COc1ccc(-c2cc(C=O)ccc2C)c(OC)c1OC. The molecule has 0 aromatic heterocycles. The van der Waals surface area contributed by atoms with E-state index in [-0.39, 0.29) is 0 Å². The monoisotopic (exact) mass is 286 g/mol. The lowest BCUT2D eigenvalue weighted by molar-refractivity contribution is 0.112. The van der Waals surface area contributed by atoms with Crippen LogP contribution in [0.3, 0.4) is 0 Å². The van der Waals surface area contributed by atoms with Gasteiger partial charge in [-0.15, -0.1) is 0 Å². The van der Waals surface area contributed by atoms with Crippen LogP contribution in [0.5, 0.6) is 17.2 Å². The smallest absolute Gasteiger partial charge is 0.203 e. The fraction of sp³-hybridized carbons (Fsp3) is 0.235. The van der Waals surface area contributed by atoms with E-state index in [4.69, 9.17) is 14.2 Å². The molecule has 0 saturated carbocycles. The third-order valence-electron chi connectivity index (χ3n) is 3.39. The van der Waals surface area contributed by atoms with Crippen molar-refractivity contribution in [1.29, 1.82) is 0 Å². The van der Waals surface area contributed by atoms with E-state index in [0.29, 0.717) is 22.8 Å². The molecule has 0 aliphatic heterocycles. The van der Waals surface area contributed by atoms with Gasteiger partial charge in [-0.2, -0.15) is 0 Å². The zero-order chi connectivity index (χ0) is 15.4. The Morgan fingerprint density at radius 3 is 2.14 bits per heavy atom. The molecular formula is C17H18O4. The summed E-state index contributed by atoms with van der Waals surface area (Å²) >= 11 is 0. The van der Waals surface area contributed by atoms with Gasteiger partial charge in [0.2, 0.25) is 5.75 Å². The standard InChI is InChI=1S/C17H18O4/c1-11-5-6-12(10-18)9-14(11)13-7-8-15(19-2)17(21-4)16(13)20-3/h5-10H,1-4H3. The van der Waals surface area contributed by atoms with Gasteiger partial charge >= 0.3 is 0 Å². The Morgan fingerprint density at radius 1 is 0.857 bits per heavy atom. The Hall–Kier alpha value is -2.49. The summed E-state index contributed by atoms with van der Waals surface area (Å²) in [5.41, 5.74) is 3.45. The van der Waals surface area contributed by atoms with Gasteiger partial charge in [0, 0.05) is 11.1 Å². The van der Waals surface area contributed by atoms with Crippen molar-refractivity contribution in [2.45, 2.75) is 6.92 Å². The molecule has 0 fully saturated rings. The number of aldehydes is 1. The van der Waals surface area contributed by atoms with Crippen LogP contribution in [0.1, 0.15) is 15.9 Å².